The van der Waals surface area contributed by atoms with E-state index in [1.54, 1.807) is 0 Å². The van der Waals surface area contributed by atoms with Crippen LogP contribution in [0.1, 0.15) is 97.3 Å². The van der Waals surface area contributed by atoms with Gasteiger partial charge in [-0.25, -0.2) is 0 Å². The van der Waals surface area contributed by atoms with Crippen LogP contribution in [0.25, 0.3) is 0 Å². The van der Waals surface area contributed by atoms with Gasteiger partial charge in [0.1, 0.15) is 6.54 Å². The minimum atomic E-state index is -0.0389. The topological polar surface area (TPSA) is 38.7 Å². The maximum atomic E-state index is 12.2. The average Bonchev–Trinajstić information content (AvgIpc) is 2.66. The van der Waals surface area contributed by atoms with Gasteiger partial charge in [0, 0.05) is 38.1 Å². The Kier molecular flexibility index (Phi) is 13.1. The molecular weight excluding hydrogens is 348 g/mol. The van der Waals surface area contributed by atoms with Crippen molar-refractivity contribution in [2.24, 2.45) is 4.99 Å². The van der Waals surface area contributed by atoms with E-state index in [0.717, 1.165) is 43.3 Å². The van der Waals surface area contributed by atoms with Crippen molar-refractivity contribution in [1.82, 2.24) is 0 Å². The highest BCUT2D eigenvalue weighted by molar-refractivity contribution is 5.78. The second-order valence-electron chi connectivity index (χ2n) is 8.63. The Bertz CT molecular complexity index is 487. The average molecular weight is 394 g/mol. The third-order valence-corrected chi connectivity index (χ3v) is 5.86. The molecule has 1 heterocycles. The summed E-state index contributed by atoms with van der Waals surface area (Å²) in [6.45, 7) is 6.23. The van der Waals surface area contributed by atoms with Gasteiger partial charge in [0.05, 0.1) is 13.6 Å². The lowest BCUT2D eigenvalue weighted by Crippen LogP contribution is -2.56. The van der Waals surface area contributed by atoms with Crippen LogP contribution in [0.5, 0.6) is 0 Å². The lowest BCUT2D eigenvalue weighted by molar-refractivity contribution is -0.949. The third kappa shape index (κ3) is 9.86. The molecule has 162 valence electrons. The van der Waals surface area contributed by atoms with Crippen LogP contribution in [0, 0.1) is 0 Å². The molecule has 0 fully saturated rings. The predicted molar refractivity (Wildman–Crippen MR) is 120 cm³/mol. The molecule has 0 N–H and O–H groups in total. The van der Waals surface area contributed by atoms with E-state index in [2.05, 4.69) is 25.0 Å². The monoisotopic (exact) mass is 393 g/mol. The SMILES string of the molecule is CCCCCCCCCCCC(OC(=O)CCC)[N+]1(C)CCC=C(C=NC)C1. The quantitative estimate of drug-likeness (QED) is 0.147. The Balaban J connectivity index is 2.49. The first-order valence-corrected chi connectivity index (χ1v) is 11.7. The predicted octanol–water partition coefficient (Wildman–Crippen LogP) is 6.05. The zero-order chi connectivity index (χ0) is 20.7. The zero-order valence-corrected chi connectivity index (χ0v) is 19.0. The molecule has 0 aromatic rings. The van der Waals surface area contributed by atoms with E-state index in [9.17, 15) is 4.79 Å². The van der Waals surface area contributed by atoms with Gasteiger partial charge in [-0.2, -0.15) is 0 Å². The third-order valence-electron chi connectivity index (χ3n) is 5.86. The van der Waals surface area contributed by atoms with Gasteiger partial charge in [0.2, 0.25) is 6.23 Å². The first-order valence-electron chi connectivity index (χ1n) is 11.7. The largest absolute Gasteiger partial charge is 0.412 e. The summed E-state index contributed by atoms with van der Waals surface area (Å²) in [4.78, 5) is 16.4. The minimum Gasteiger partial charge on any atom is -0.412 e. The van der Waals surface area contributed by atoms with Gasteiger partial charge in [-0.05, 0) is 12.8 Å². The Morgan fingerprint density at radius 1 is 1.11 bits per heavy atom. The zero-order valence-electron chi connectivity index (χ0n) is 19.0. The second kappa shape index (κ2) is 14.8. The smallest absolute Gasteiger partial charge is 0.310 e. The van der Waals surface area contributed by atoms with Crippen LogP contribution >= 0.6 is 0 Å². The molecule has 0 saturated carbocycles. The molecule has 4 heteroatoms. The fraction of sp³-hybridized carbons (Fsp3) is 0.833. The number of rotatable bonds is 15. The number of hydrogen-bond acceptors (Lipinski definition) is 3. The van der Waals surface area contributed by atoms with Gasteiger partial charge in [0.15, 0.2) is 0 Å². The maximum absolute atomic E-state index is 12.2. The fourth-order valence-corrected chi connectivity index (χ4v) is 4.15. The summed E-state index contributed by atoms with van der Waals surface area (Å²) in [7, 11) is 4.06. The first kappa shape index (κ1) is 24.9. The van der Waals surface area contributed by atoms with Gasteiger partial charge >= 0.3 is 5.97 Å². The molecule has 0 aliphatic carbocycles. The highest BCUT2D eigenvalue weighted by Crippen LogP contribution is 2.25. The van der Waals surface area contributed by atoms with E-state index in [-0.39, 0.29) is 12.2 Å². The summed E-state index contributed by atoms with van der Waals surface area (Å²) in [6, 6.07) is 0. The number of aliphatic imine (C=N–C) groups is 1. The Hall–Kier alpha value is -1.16. The molecule has 0 aromatic heterocycles. The van der Waals surface area contributed by atoms with Crippen LogP contribution in [-0.2, 0) is 9.53 Å². The van der Waals surface area contributed by atoms with E-state index in [1.165, 1.54) is 56.9 Å². The molecule has 0 spiro atoms. The summed E-state index contributed by atoms with van der Waals surface area (Å²) in [5, 5.41) is 0. The lowest BCUT2D eigenvalue weighted by Gasteiger charge is -2.42. The molecule has 4 nitrogen and oxygen atoms in total. The van der Waals surface area contributed by atoms with E-state index in [4.69, 9.17) is 4.74 Å². The molecule has 0 bridgehead atoms. The van der Waals surface area contributed by atoms with E-state index < -0.39 is 0 Å². The normalized spacial score (nSPS) is 20.9. The van der Waals surface area contributed by atoms with Crippen molar-refractivity contribution in [2.75, 3.05) is 27.2 Å². The number of unbranched alkanes of at least 4 members (excludes halogenated alkanes) is 8. The molecule has 1 aliphatic rings. The Labute approximate surface area is 174 Å². The van der Waals surface area contributed by atoms with E-state index in [0.29, 0.717) is 6.42 Å². The van der Waals surface area contributed by atoms with Crippen LogP contribution in [0.4, 0.5) is 0 Å². The standard InChI is InChI=1S/C24H45N2O2/c1-5-7-8-9-10-11-12-13-14-18-23(28-24(27)16-6-2)26(4)19-15-17-22(21-26)20-25-3/h17,20,23H,5-16,18-19,21H2,1-4H3/q+1. The molecule has 0 amide bonds. The highest BCUT2D eigenvalue weighted by Gasteiger charge is 2.37. The van der Waals surface area contributed by atoms with Crippen molar-refractivity contribution < 1.29 is 14.0 Å². The van der Waals surface area contributed by atoms with Crippen molar-refractivity contribution in [3.63, 3.8) is 0 Å². The molecule has 2 atom stereocenters. The molecule has 1 rings (SSSR count). The van der Waals surface area contributed by atoms with Crippen LogP contribution < -0.4 is 0 Å². The molecule has 0 aromatic carbocycles. The summed E-state index contributed by atoms with van der Waals surface area (Å²) in [6.07, 6.45) is 19.4. The van der Waals surface area contributed by atoms with Crippen molar-refractivity contribution in [3.05, 3.63) is 11.6 Å². The van der Waals surface area contributed by atoms with Crippen molar-refractivity contribution in [2.45, 2.75) is 104 Å². The lowest BCUT2D eigenvalue weighted by atomic mass is 10.0. The van der Waals surface area contributed by atoms with Crippen molar-refractivity contribution in [1.29, 1.82) is 0 Å². The van der Waals surface area contributed by atoms with Gasteiger partial charge in [-0.3, -0.25) is 14.3 Å². The van der Waals surface area contributed by atoms with Crippen LogP contribution in [0.15, 0.2) is 16.6 Å². The number of carbonyl (C=O) groups is 1. The Morgan fingerprint density at radius 2 is 1.75 bits per heavy atom. The fourth-order valence-electron chi connectivity index (χ4n) is 4.15. The van der Waals surface area contributed by atoms with Gasteiger partial charge < -0.3 is 4.74 Å². The molecule has 0 saturated heterocycles. The van der Waals surface area contributed by atoms with Crippen molar-refractivity contribution >= 4 is 12.2 Å². The number of esters is 1. The minimum absolute atomic E-state index is 0.0300. The molecule has 0 radical (unpaired) electrons. The summed E-state index contributed by atoms with van der Waals surface area (Å²) in [5.41, 5.74) is 1.26. The van der Waals surface area contributed by atoms with E-state index >= 15 is 0 Å². The molecule has 1 aliphatic heterocycles. The van der Waals surface area contributed by atoms with Crippen LogP contribution in [0.3, 0.4) is 0 Å². The number of carbonyl (C=O) groups excluding carboxylic acids is 1. The van der Waals surface area contributed by atoms with Gasteiger partial charge in [-0.15, -0.1) is 0 Å². The molecule has 2 unspecified atom stereocenters. The second-order valence-corrected chi connectivity index (χ2v) is 8.63. The van der Waals surface area contributed by atoms with Gasteiger partial charge in [0.25, 0.3) is 0 Å². The van der Waals surface area contributed by atoms with Crippen LogP contribution in [0.2, 0.25) is 0 Å². The molecule has 28 heavy (non-hydrogen) atoms. The maximum Gasteiger partial charge on any atom is 0.310 e. The summed E-state index contributed by atoms with van der Waals surface area (Å²) in [5.74, 6) is -0.0389. The van der Waals surface area contributed by atoms with Gasteiger partial charge in [-0.1, -0.05) is 71.3 Å². The summed E-state index contributed by atoms with van der Waals surface area (Å²) >= 11 is 0. The highest BCUT2D eigenvalue weighted by atomic mass is 16.6. The number of nitrogens with zero attached hydrogens (tertiary/aromatic N) is 2. The van der Waals surface area contributed by atoms with Crippen LogP contribution in [-0.4, -0.2) is 50.1 Å². The van der Waals surface area contributed by atoms with E-state index in [1.807, 2.05) is 20.2 Å². The Morgan fingerprint density at radius 3 is 2.36 bits per heavy atom. The number of quaternary nitrogens is 1. The summed E-state index contributed by atoms with van der Waals surface area (Å²) < 4.78 is 6.79. The van der Waals surface area contributed by atoms with Crippen molar-refractivity contribution in [3.8, 4) is 0 Å². The number of likely N-dealkylation sites (N-methyl/N-ethyl adjacent to an activating group) is 1. The number of hydrogen-bond donors (Lipinski definition) is 0. The molecular formula is C24H45N2O2+. The number of ether oxygens (including phenoxy) is 1. The first-order chi connectivity index (χ1) is 13.6.